The lowest BCUT2D eigenvalue weighted by molar-refractivity contribution is 0.240. The van der Waals surface area contributed by atoms with Gasteiger partial charge in [0, 0.05) is 30.8 Å². The van der Waals surface area contributed by atoms with Crippen molar-refractivity contribution in [3.8, 4) is 5.82 Å². The molecule has 2 aromatic heterocycles. The van der Waals surface area contributed by atoms with E-state index in [9.17, 15) is 4.79 Å². The predicted octanol–water partition coefficient (Wildman–Crippen LogP) is 3.68. The summed E-state index contributed by atoms with van der Waals surface area (Å²) in [6, 6.07) is 24.3. The number of nitrogens with one attached hydrogen (secondary N) is 2. The van der Waals surface area contributed by atoms with Gasteiger partial charge in [-0.2, -0.15) is 5.10 Å². The van der Waals surface area contributed by atoms with E-state index in [2.05, 4.69) is 50.0 Å². The van der Waals surface area contributed by atoms with Gasteiger partial charge in [-0.25, -0.2) is 19.4 Å². The molecular formula is C24H24N6O. The summed E-state index contributed by atoms with van der Waals surface area (Å²) in [4.78, 5) is 20.7. The van der Waals surface area contributed by atoms with Crippen molar-refractivity contribution in [2.45, 2.75) is 18.9 Å². The molecule has 4 aromatic rings. The second-order valence-electron chi connectivity index (χ2n) is 7.10. The third-order valence-corrected chi connectivity index (χ3v) is 5.07. The van der Waals surface area contributed by atoms with E-state index in [1.807, 2.05) is 48.5 Å². The Labute approximate surface area is 181 Å². The Morgan fingerprint density at radius 3 is 2.26 bits per heavy atom. The molecule has 0 unspecified atom stereocenters. The lowest BCUT2D eigenvalue weighted by Crippen LogP contribution is -2.36. The molecule has 0 aliphatic heterocycles. The molecule has 156 valence electrons. The van der Waals surface area contributed by atoms with E-state index >= 15 is 0 Å². The minimum atomic E-state index is -0.215. The molecule has 0 aliphatic carbocycles. The number of hydrogen-bond acceptors (Lipinski definition) is 4. The highest BCUT2D eigenvalue weighted by Crippen LogP contribution is 2.27. The second-order valence-corrected chi connectivity index (χ2v) is 7.10. The van der Waals surface area contributed by atoms with Crippen molar-refractivity contribution in [2.75, 3.05) is 6.54 Å². The number of hydrogen-bond donors (Lipinski definition) is 2. The van der Waals surface area contributed by atoms with E-state index in [1.54, 1.807) is 17.2 Å². The van der Waals surface area contributed by atoms with Crippen LogP contribution in [0.4, 0.5) is 4.79 Å². The van der Waals surface area contributed by atoms with Crippen molar-refractivity contribution in [3.05, 3.63) is 108 Å². The first-order valence-corrected chi connectivity index (χ1v) is 10.2. The highest BCUT2D eigenvalue weighted by molar-refractivity contribution is 5.73. The van der Waals surface area contributed by atoms with Crippen LogP contribution in [0, 0.1) is 0 Å². The zero-order valence-electron chi connectivity index (χ0n) is 17.1. The Morgan fingerprint density at radius 2 is 1.61 bits per heavy atom. The molecule has 4 rings (SSSR count). The van der Waals surface area contributed by atoms with Crippen molar-refractivity contribution >= 4 is 6.03 Å². The maximum atomic E-state index is 12.4. The average Bonchev–Trinajstić information content (AvgIpc) is 3.37. The molecule has 0 radical (unpaired) electrons. The van der Waals surface area contributed by atoms with Gasteiger partial charge in [0.05, 0.1) is 0 Å². The van der Waals surface area contributed by atoms with E-state index < -0.39 is 0 Å². The van der Waals surface area contributed by atoms with Crippen LogP contribution in [0.3, 0.4) is 0 Å². The van der Waals surface area contributed by atoms with Gasteiger partial charge in [-0.3, -0.25) is 0 Å². The van der Waals surface area contributed by atoms with Crippen LogP contribution < -0.4 is 10.6 Å². The van der Waals surface area contributed by atoms with Crippen molar-refractivity contribution in [1.82, 2.24) is 30.4 Å². The summed E-state index contributed by atoms with van der Waals surface area (Å²) in [5, 5.41) is 9.99. The van der Waals surface area contributed by atoms with Crippen molar-refractivity contribution in [3.63, 3.8) is 0 Å². The molecule has 0 atom stereocenters. The fraction of sp³-hybridized carbons (Fsp3) is 0.167. The van der Waals surface area contributed by atoms with E-state index in [-0.39, 0.29) is 11.9 Å². The zero-order chi connectivity index (χ0) is 21.3. The summed E-state index contributed by atoms with van der Waals surface area (Å²) in [6.45, 7) is 0.902. The number of pyridine rings is 1. The number of nitrogens with zero attached hydrogens (tertiary/aromatic N) is 4. The molecule has 2 N–H and O–H groups in total. The zero-order valence-corrected chi connectivity index (χ0v) is 17.1. The number of amides is 2. The van der Waals surface area contributed by atoms with Gasteiger partial charge in [0.15, 0.2) is 5.82 Å². The molecule has 2 heterocycles. The first-order valence-electron chi connectivity index (χ1n) is 10.2. The number of aromatic nitrogens is 4. The fourth-order valence-electron chi connectivity index (χ4n) is 3.56. The van der Waals surface area contributed by atoms with Crippen molar-refractivity contribution in [1.29, 1.82) is 0 Å². The molecule has 0 fully saturated rings. The Balaban J connectivity index is 1.34. The molecule has 2 aromatic carbocycles. The van der Waals surface area contributed by atoms with Gasteiger partial charge in [0.1, 0.15) is 12.7 Å². The predicted molar refractivity (Wildman–Crippen MR) is 119 cm³/mol. The Morgan fingerprint density at radius 1 is 0.903 bits per heavy atom. The molecule has 7 heteroatoms. The number of rotatable bonds is 8. The summed E-state index contributed by atoms with van der Waals surface area (Å²) < 4.78 is 1.58. The maximum absolute atomic E-state index is 12.4. The maximum Gasteiger partial charge on any atom is 0.315 e. The average molecular weight is 412 g/mol. The molecular weight excluding hydrogens is 388 g/mol. The third kappa shape index (κ3) is 5.33. The lowest BCUT2D eigenvalue weighted by atomic mass is 9.88. The molecule has 0 saturated heterocycles. The summed E-state index contributed by atoms with van der Waals surface area (Å²) in [5.74, 6) is 0.869. The van der Waals surface area contributed by atoms with Crippen LogP contribution in [0.1, 0.15) is 29.0 Å². The van der Waals surface area contributed by atoms with Gasteiger partial charge in [0.2, 0.25) is 0 Å². The van der Waals surface area contributed by atoms with Crippen LogP contribution in [0.2, 0.25) is 0 Å². The number of urea groups is 1. The Kier molecular flexibility index (Phi) is 6.64. The fourth-order valence-corrected chi connectivity index (χ4v) is 3.56. The van der Waals surface area contributed by atoms with E-state index in [0.29, 0.717) is 18.9 Å². The lowest BCUT2D eigenvalue weighted by Gasteiger charge is -2.18. The van der Waals surface area contributed by atoms with Gasteiger partial charge in [-0.1, -0.05) is 66.7 Å². The van der Waals surface area contributed by atoms with Gasteiger partial charge in [0.25, 0.3) is 0 Å². The number of benzene rings is 2. The molecule has 0 bridgehead atoms. The SMILES string of the molecule is O=C(NCCC(c1ccccc1)c1ccccc1)NCc1cccnc1-n1cncn1. The van der Waals surface area contributed by atoms with Crippen LogP contribution in [-0.2, 0) is 6.54 Å². The highest BCUT2D eigenvalue weighted by Gasteiger charge is 2.14. The largest absolute Gasteiger partial charge is 0.338 e. The quantitative estimate of drug-likeness (QED) is 0.462. The van der Waals surface area contributed by atoms with E-state index in [4.69, 9.17) is 0 Å². The first-order chi connectivity index (χ1) is 15.3. The summed E-state index contributed by atoms with van der Waals surface area (Å²) in [6.07, 6.45) is 5.53. The van der Waals surface area contributed by atoms with E-state index in [0.717, 1.165) is 12.0 Å². The minimum Gasteiger partial charge on any atom is -0.338 e. The smallest absolute Gasteiger partial charge is 0.315 e. The van der Waals surface area contributed by atoms with Crippen LogP contribution >= 0.6 is 0 Å². The van der Waals surface area contributed by atoms with Gasteiger partial charge in [-0.05, 0) is 23.6 Å². The molecule has 0 aliphatic rings. The second kappa shape index (κ2) is 10.2. The van der Waals surface area contributed by atoms with Crippen LogP contribution in [0.5, 0.6) is 0 Å². The molecule has 0 spiro atoms. The molecule has 0 saturated carbocycles. The first kappa shape index (κ1) is 20.3. The van der Waals surface area contributed by atoms with Crippen LogP contribution in [-0.4, -0.2) is 32.3 Å². The van der Waals surface area contributed by atoms with Gasteiger partial charge >= 0.3 is 6.03 Å². The van der Waals surface area contributed by atoms with Crippen molar-refractivity contribution < 1.29 is 4.79 Å². The van der Waals surface area contributed by atoms with Crippen LogP contribution in [0.25, 0.3) is 5.82 Å². The van der Waals surface area contributed by atoms with E-state index in [1.165, 1.54) is 17.5 Å². The normalized spacial score (nSPS) is 10.7. The standard InChI is InChI=1S/C24H24N6O/c31-24(28-16-21-12-7-14-26-23(21)30-18-25-17-29-30)27-15-13-22(19-8-3-1-4-9-19)20-10-5-2-6-11-20/h1-12,14,17-18,22H,13,15-16H2,(H2,27,28,31). The Bertz CT molecular complexity index is 1040. The Hall–Kier alpha value is -4.00. The molecule has 7 nitrogen and oxygen atoms in total. The van der Waals surface area contributed by atoms with Crippen molar-refractivity contribution in [2.24, 2.45) is 0 Å². The number of carbonyl (C=O) groups is 1. The topological polar surface area (TPSA) is 84.7 Å². The summed E-state index contributed by atoms with van der Waals surface area (Å²) in [7, 11) is 0. The number of carbonyl (C=O) groups excluding carboxylic acids is 1. The van der Waals surface area contributed by atoms with Gasteiger partial charge in [-0.15, -0.1) is 0 Å². The summed E-state index contributed by atoms with van der Waals surface area (Å²) >= 11 is 0. The minimum absolute atomic E-state index is 0.215. The monoisotopic (exact) mass is 412 g/mol. The third-order valence-electron chi connectivity index (χ3n) is 5.07. The highest BCUT2D eigenvalue weighted by atomic mass is 16.2. The van der Waals surface area contributed by atoms with Crippen LogP contribution in [0.15, 0.2) is 91.6 Å². The molecule has 31 heavy (non-hydrogen) atoms. The summed E-state index contributed by atoms with van der Waals surface area (Å²) in [5.41, 5.74) is 3.34. The van der Waals surface area contributed by atoms with Gasteiger partial charge < -0.3 is 10.6 Å². The molecule has 2 amide bonds.